The lowest BCUT2D eigenvalue weighted by atomic mass is 9.99. The zero-order chi connectivity index (χ0) is 15.6. The molecule has 1 fully saturated rings. The van der Waals surface area contributed by atoms with Crippen molar-refractivity contribution in [1.29, 1.82) is 0 Å². The number of likely N-dealkylation sites (N-methyl/N-ethyl adjacent to an activating group) is 1. The van der Waals surface area contributed by atoms with Crippen molar-refractivity contribution in [3.8, 4) is 0 Å². The number of rotatable bonds is 5. The second kappa shape index (κ2) is 6.12. The van der Waals surface area contributed by atoms with Crippen LogP contribution in [-0.4, -0.2) is 48.4 Å². The highest BCUT2D eigenvalue weighted by Gasteiger charge is 2.46. The molecule has 2 rings (SSSR count). The summed E-state index contributed by atoms with van der Waals surface area (Å²) >= 11 is 0. The molecule has 1 aliphatic rings. The molecule has 0 aliphatic carbocycles. The molecule has 21 heavy (non-hydrogen) atoms. The number of carbonyl (C=O) groups is 1. The van der Waals surface area contributed by atoms with E-state index in [-0.39, 0.29) is 17.9 Å². The molecule has 5 heteroatoms. The first-order valence-corrected chi connectivity index (χ1v) is 7.36. The average Bonchev–Trinajstić information content (AvgIpc) is 2.70. The lowest BCUT2D eigenvalue weighted by molar-refractivity contribution is -0.133. The van der Waals surface area contributed by atoms with Gasteiger partial charge in [-0.15, -0.1) is 0 Å². The van der Waals surface area contributed by atoms with Gasteiger partial charge in [-0.3, -0.25) is 10.1 Å². The summed E-state index contributed by atoms with van der Waals surface area (Å²) in [6, 6.07) is 6.46. The summed E-state index contributed by atoms with van der Waals surface area (Å²) in [5.74, 6) is -0.194. The maximum absolute atomic E-state index is 13.5. The van der Waals surface area contributed by atoms with Gasteiger partial charge in [0.1, 0.15) is 12.0 Å². The monoisotopic (exact) mass is 293 g/mol. The number of halogens is 1. The van der Waals surface area contributed by atoms with E-state index >= 15 is 0 Å². The van der Waals surface area contributed by atoms with Crippen molar-refractivity contribution >= 4 is 5.91 Å². The Bertz CT molecular complexity index is 520. The van der Waals surface area contributed by atoms with Crippen molar-refractivity contribution in [2.24, 2.45) is 0 Å². The molecule has 0 bridgehead atoms. The lowest BCUT2D eigenvalue weighted by Gasteiger charge is -2.26. The molecule has 1 N–H and O–H groups in total. The summed E-state index contributed by atoms with van der Waals surface area (Å²) in [5, 5.41) is 3.38. The molecule has 1 saturated heterocycles. The highest BCUT2D eigenvalue weighted by molar-refractivity contribution is 5.88. The SMILES string of the molecule is CCC1(C)NC(c2cccc(F)c2)N(CCN(C)C)C1=O. The highest BCUT2D eigenvalue weighted by atomic mass is 19.1. The van der Waals surface area contributed by atoms with Crippen molar-refractivity contribution < 1.29 is 9.18 Å². The molecule has 116 valence electrons. The Kier molecular flexibility index (Phi) is 4.64. The molecule has 1 amide bonds. The van der Waals surface area contributed by atoms with Gasteiger partial charge in [-0.25, -0.2) is 4.39 Å². The van der Waals surface area contributed by atoms with Crippen LogP contribution in [-0.2, 0) is 4.79 Å². The topological polar surface area (TPSA) is 35.6 Å². The number of amides is 1. The third-order valence-electron chi connectivity index (χ3n) is 4.16. The van der Waals surface area contributed by atoms with Crippen LogP contribution in [0.5, 0.6) is 0 Å². The summed E-state index contributed by atoms with van der Waals surface area (Å²) in [7, 11) is 3.95. The lowest BCUT2D eigenvalue weighted by Crippen LogP contribution is -2.43. The molecule has 0 aromatic heterocycles. The van der Waals surface area contributed by atoms with Gasteiger partial charge in [0.25, 0.3) is 0 Å². The van der Waals surface area contributed by atoms with Crippen LogP contribution in [0.3, 0.4) is 0 Å². The third kappa shape index (κ3) is 3.24. The van der Waals surface area contributed by atoms with E-state index in [1.54, 1.807) is 6.07 Å². The fraction of sp³-hybridized carbons (Fsp3) is 0.562. The molecule has 1 aromatic rings. The zero-order valence-electron chi connectivity index (χ0n) is 13.2. The number of hydrogen-bond donors (Lipinski definition) is 1. The van der Waals surface area contributed by atoms with Crippen molar-refractivity contribution in [1.82, 2.24) is 15.1 Å². The molecular weight excluding hydrogens is 269 g/mol. The number of carbonyl (C=O) groups excluding carboxylic acids is 1. The van der Waals surface area contributed by atoms with Crippen molar-refractivity contribution in [3.05, 3.63) is 35.6 Å². The largest absolute Gasteiger partial charge is 0.320 e. The van der Waals surface area contributed by atoms with Gasteiger partial charge in [-0.2, -0.15) is 0 Å². The van der Waals surface area contributed by atoms with Gasteiger partial charge in [-0.05, 0) is 45.1 Å². The zero-order valence-corrected chi connectivity index (χ0v) is 13.2. The third-order valence-corrected chi connectivity index (χ3v) is 4.16. The van der Waals surface area contributed by atoms with Gasteiger partial charge in [0, 0.05) is 13.1 Å². The summed E-state index contributed by atoms with van der Waals surface area (Å²) in [4.78, 5) is 16.5. The molecule has 2 atom stereocenters. The molecular formula is C16H24FN3O. The molecule has 0 radical (unpaired) electrons. The number of nitrogens with one attached hydrogen (secondary N) is 1. The van der Waals surface area contributed by atoms with Crippen LogP contribution < -0.4 is 5.32 Å². The Labute approximate surface area is 125 Å². The normalized spacial score (nSPS) is 25.9. The summed E-state index contributed by atoms with van der Waals surface area (Å²) in [6.45, 7) is 5.30. The van der Waals surface area contributed by atoms with Crippen molar-refractivity contribution in [2.75, 3.05) is 27.2 Å². The minimum Gasteiger partial charge on any atom is -0.320 e. The van der Waals surface area contributed by atoms with Crippen LogP contribution in [0, 0.1) is 5.82 Å². The molecule has 0 spiro atoms. The minimum atomic E-state index is -0.580. The summed E-state index contributed by atoms with van der Waals surface area (Å²) in [5.41, 5.74) is 0.211. The first-order chi connectivity index (χ1) is 9.87. The van der Waals surface area contributed by atoms with E-state index in [9.17, 15) is 9.18 Å². The Hall–Kier alpha value is -1.46. The van der Waals surface area contributed by atoms with Gasteiger partial charge in [-0.1, -0.05) is 19.1 Å². The summed E-state index contributed by atoms with van der Waals surface area (Å²) < 4.78 is 13.5. The maximum Gasteiger partial charge on any atom is 0.244 e. The van der Waals surface area contributed by atoms with E-state index in [2.05, 4.69) is 5.32 Å². The Balaban J connectivity index is 2.29. The van der Waals surface area contributed by atoms with Crippen LogP contribution in [0.15, 0.2) is 24.3 Å². The van der Waals surface area contributed by atoms with Gasteiger partial charge in [0.15, 0.2) is 0 Å². The minimum absolute atomic E-state index is 0.0844. The van der Waals surface area contributed by atoms with Gasteiger partial charge in [0.2, 0.25) is 5.91 Å². The van der Waals surface area contributed by atoms with E-state index < -0.39 is 5.54 Å². The molecule has 2 unspecified atom stereocenters. The van der Waals surface area contributed by atoms with Crippen LogP contribution in [0.1, 0.15) is 32.0 Å². The van der Waals surface area contributed by atoms with Crippen LogP contribution in [0.25, 0.3) is 0 Å². The fourth-order valence-corrected chi connectivity index (χ4v) is 2.61. The van der Waals surface area contributed by atoms with Crippen LogP contribution in [0.2, 0.25) is 0 Å². The van der Waals surface area contributed by atoms with Crippen molar-refractivity contribution in [2.45, 2.75) is 32.0 Å². The van der Waals surface area contributed by atoms with Crippen molar-refractivity contribution in [3.63, 3.8) is 0 Å². The Morgan fingerprint density at radius 2 is 2.14 bits per heavy atom. The predicted molar refractivity (Wildman–Crippen MR) is 81.2 cm³/mol. The smallest absolute Gasteiger partial charge is 0.244 e. The Morgan fingerprint density at radius 1 is 1.43 bits per heavy atom. The Morgan fingerprint density at radius 3 is 2.71 bits per heavy atom. The van der Waals surface area contributed by atoms with Crippen LogP contribution >= 0.6 is 0 Å². The van der Waals surface area contributed by atoms with E-state index in [1.165, 1.54) is 12.1 Å². The molecule has 1 heterocycles. The molecule has 0 saturated carbocycles. The second-order valence-corrected chi connectivity index (χ2v) is 6.09. The predicted octanol–water partition coefficient (Wildman–Crippen LogP) is 1.99. The maximum atomic E-state index is 13.5. The van der Waals surface area contributed by atoms with E-state index in [0.29, 0.717) is 13.0 Å². The highest BCUT2D eigenvalue weighted by Crippen LogP contribution is 2.32. The van der Waals surface area contributed by atoms with Gasteiger partial charge >= 0.3 is 0 Å². The number of nitrogens with zero attached hydrogens (tertiary/aromatic N) is 2. The van der Waals surface area contributed by atoms with E-state index in [0.717, 1.165) is 12.1 Å². The molecule has 1 aliphatic heterocycles. The van der Waals surface area contributed by atoms with E-state index in [4.69, 9.17) is 0 Å². The van der Waals surface area contributed by atoms with Gasteiger partial charge in [0.05, 0.1) is 5.54 Å². The van der Waals surface area contributed by atoms with E-state index in [1.807, 2.05) is 43.8 Å². The summed E-state index contributed by atoms with van der Waals surface area (Å²) in [6.07, 6.45) is 0.439. The fourth-order valence-electron chi connectivity index (χ4n) is 2.61. The first-order valence-electron chi connectivity index (χ1n) is 7.36. The first kappa shape index (κ1) is 15.9. The number of hydrogen-bond acceptors (Lipinski definition) is 3. The average molecular weight is 293 g/mol. The quantitative estimate of drug-likeness (QED) is 0.902. The van der Waals surface area contributed by atoms with Gasteiger partial charge < -0.3 is 9.80 Å². The molecule has 1 aromatic carbocycles. The standard InChI is InChI=1S/C16H24FN3O/c1-5-16(2)15(21)20(10-9-19(3)4)14(18-16)12-7-6-8-13(17)11-12/h6-8,11,14,18H,5,9-10H2,1-4H3. The number of benzene rings is 1. The van der Waals surface area contributed by atoms with Crippen LogP contribution in [0.4, 0.5) is 4.39 Å². The second-order valence-electron chi connectivity index (χ2n) is 6.09. The molecule has 4 nitrogen and oxygen atoms in total.